The summed E-state index contributed by atoms with van der Waals surface area (Å²) in [5, 5.41) is 9.21. The van der Waals surface area contributed by atoms with Gasteiger partial charge in [-0.15, -0.1) is 0 Å². The van der Waals surface area contributed by atoms with Crippen molar-refractivity contribution < 1.29 is 23.8 Å². The van der Waals surface area contributed by atoms with Gasteiger partial charge in [0.1, 0.15) is 18.2 Å². The van der Waals surface area contributed by atoms with E-state index in [9.17, 15) is 19.1 Å². The molecule has 0 unspecified atom stereocenters. The van der Waals surface area contributed by atoms with Crippen molar-refractivity contribution >= 4 is 11.9 Å². The Morgan fingerprint density at radius 1 is 1.03 bits per heavy atom. The number of carboxylic acids is 1. The van der Waals surface area contributed by atoms with Crippen LogP contribution in [-0.4, -0.2) is 27.9 Å². The lowest BCUT2D eigenvalue weighted by Gasteiger charge is -2.23. The van der Waals surface area contributed by atoms with Crippen LogP contribution < -0.4 is 4.74 Å². The number of hydrogen-bond acceptors (Lipinski definition) is 3. The van der Waals surface area contributed by atoms with Crippen molar-refractivity contribution in [2.24, 2.45) is 0 Å². The maximum atomic E-state index is 14.3. The molecule has 5 nitrogen and oxygen atoms in total. The molecule has 3 aromatic rings. The van der Waals surface area contributed by atoms with Crippen molar-refractivity contribution in [2.75, 3.05) is 0 Å². The number of carbonyl (C=O) groups is 2. The van der Waals surface area contributed by atoms with E-state index in [1.807, 2.05) is 29.2 Å². The SMILES string of the molecule is O=C(O)c1ccc(F)c(-c2cccc(COc3ccc4c(c3)CN(C3CCCC3)C4=O)c2)c1. The molecule has 6 heteroatoms. The number of carbonyl (C=O) groups excluding carboxylic acids is 1. The van der Waals surface area contributed by atoms with Crippen molar-refractivity contribution in [3.8, 4) is 16.9 Å². The molecule has 0 radical (unpaired) electrons. The fraction of sp³-hybridized carbons (Fsp3) is 0.259. The molecular weight excluding hydrogens is 421 g/mol. The third-order valence-electron chi connectivity index (χ3n) is 6.53. The van der Waals surface area contributed by atoms with Gasteiger partial charge in [-0.1, -0.05) is 31.0 Å². The van der Waals surface area contributed by atoms with Crippen molar-refractivity contribution in [2.45, 2.75) is 44.9 Å². The fourth-order valence-corrected chi connectivity index (χ4v) is 4.80. The second kappa shape index (κ2) is 8.70. The molecular formula is C27H24FNO4. The predicted octanol–water partition coefficient (Wildman–Crippen LogP) is 5.67. The number of aromatic carboxylic acids is 1. The van der Waals surface area contributed by atoms with Crippen molar-refractivity contribution in [3.05, 3.63) is 88.7 Å². The molecule has 33 heavy (non-hydrogen) atoms. The van der Waals surface area contributed by atoms with Crippen LogP contribution in [0.1, 0.15) is 57.5 Å². The Balaban J connectivity index is 1.31. The lowest BCUT2D eigenvalue weighted by molar-refractivity contribution is 0.0691. The smallest absolute Gasteiger partial charge is 0.335 e. The Labute approximate surface area is 191 Å². The standard InChI is InChI=1S/C27H24FNO4/c28-25-11-8-19(27(31)32)14-24(25)18-5-3-4-17(12-18)16-33-22-9-10-23-20(13-22)15-29(26(23)30)21-6-1-2-7-21/h3-5,8-14,21H,1-2,6-7,15-16H2,(H,31,32). The maximum Gasteiger partial charge on any atom is 0.335 e. The molecule has 1 N–H and O–H groups in total. The molecule has 5 rings (SSSR count). The molecule has 168 valence electrons. The van der Waals surface area contributed by atoms with Crippen molar-refractivity contribution in [3.63, 3.8) is 0 Å². The van der Waals surface area contributed by atoms with E-state index < -0.39 is 11.8 Å². The molecule has 1 aliphatic carbocycles. The zero-order valence-electron chi connectivity index (χ0n) is 18.1. The van der Waals surface area contributed by atoms with E-state index in [2.05, 4.69) is 0 Å². The molecule has 1 aliphatic heterocycles. The van der Waals surface area contributed by atoms with Crippen LogP contribution in [0.25, 0.3) is 11.1 Å². The Morgan fingerprint density at radius 3 is 2.64 bits per heavy atom. The number of amides is 1. The molecule has 0 bridgehead atoms. The first-order valence-electron chi connectivity index (χ1n) is 11.2. The molecule has 0 spiro atoms. The van der Waals surface area contributed by atoms with Crippen LogP contribution in [0.3, 0.4) is 0 Å². The molecule has 1 saturated carbocycles. The van der Waals surface area contributed by atoms with Gasteiger partial charge in [0, 0.05) is 23.7 Å². The molecule has 1 heterocycles. The zero-order chi connectivity index (χ0) is 22.9. The fourth-order valence-electron chi connectivity index (χ4n) is 4.80. The number of ether oxygens (including phenoxy) is 1. The molecule has 2 aliphatic rings. The van der Waals surface area contributed by atoms with Gasteiger partial charge in [0.2, 0.25) is 0 Å². The topological polar surface area (TPSA) is 66.8 Å². The third kappa shape index (κ3) is 4.21. The third-order valence-corrected chi connectivity index (χ3v) is 6.53. The Bertz CT molecular complexity index is 1230. The van der Waals surface area contributed by atoms with Crippen LogP contribution >= 0.6 is 0 Å². The Morgan fingerprint density at radius 2 is 1.85 bits per heavy atom. The monoisotopic (exact) mass is 445 g/mol. The highest BCUT2D eigenvalue weighted by atomic mass is 19.1. The summed E-state index contributed by atoms with van der Waals surface area (Å²) in [6.07, 6.45) is 4.52. The van der Waals surface area contributed by atoms with Crippen LogP contribution in [0.2, 0.25) is 0 Å². The highest BCUT2D eigenvalue weighted by molar-refractivity contribution is 5.98. The Kier molecular flexibility index (Phi) is 5.58. The molecule has 0 aromatic heterocycles. The first kappa shape index (κ1) is 21.2. The van der Waals surface area contributed by atoms with Gasteiger partial charge in [-0.25, -0.2) is 9.18 Å². The first-order valence-corrected chi connectivity index (χ1v) is 11.2. The quantitative estimate of drug-likeness (QED) is 0.531. The van der Waals surface area contributed by atoms with Gasteiger partial charge in [-0.2, -0.15) is 0 Å². The van der Waals surface area contributed by atoms with E-state index in [4.69, 9.17) is 4.74 Å². The number of carboxylic acid groups (broad SMARTS) is 1. The summed E-state index contributed by atoms with van der Waals surface area (Å²) in [6, 6.07) is 16.9. The van der Waals surface area contributed by atoms with Crippen LogP contribution in [0.4, 0.5) is 4.39 Å². The second-order valence-electron chi connectivity index (χ2n) is 8.68. The highest BCUT2D eigenvalue weighted by Gasteiger charge is 2.34. The highest BCUT2D eigenvalue weighted by Crippen LogP contribution is 2.33. The van der Waals surface area contributed by atoms with Crippen molar-refractivity contribution in [1.82, 2.24) is 4.90 Å². The molecule has 1 fully saturated rings. The summed E-state index contributed by atoms with van der Waals surface area (Å²) >= 11 is 0. The minimum Gasteiger partial charge on any atom is -0.489 e. The average Bonchev–Trinajstić information content (AvgIpc) is 3.46. The number of benzene rings is 3. The molecule has 0 atom stereocenters. The van der Waals surface area contributed by atoms with E-state index >= 15 is 0 Å². The minimum atomic E-state index is -1.10. The normalized spacial score (nSPS) is 15.7. The second-order valence-corrected chi connectivity index (χ2v) is 8.68. The number of nitrogens with zero attached hydrogens (tertiary/aromatic N) is 1. The summed E-state index contributed by atoms with van der Waals surface area (Å²) < 4.78 is 20.3. The molecule has 3 aromatic carbocycles. The summed E-state index contributed by atoms with van der Waals surface area (Å²) in [6.45, 7) is 0.901. The lowest BCUT2D eigenvalue weighted by atomic mass is 10.0. The van der Waals surface area contributed by atoms with Crippen LogP contribution in [0.15, 0.2) is 60.7 Å². The van der Waals surface area contributed by atoms with Crippen molar-refractivity contribution in [1.29, 1.82) is 0 Å². The van der Waals surface area contributed by atoms with E-state index in [1.165, 1.54) is 31.0 Å². The summed E-state index contributed by atoms with van der Waals surface area (Å²) in [7, 11) is 0. The van der Waals surface area contributed by atoms with Gasteiger partial charge in [0.05, 0.1) is 5.56 Å². The van der Waals surface area contributed by atoms with E-state index in [0.29, 0.717) is 23.9 Å². The minimum absolute atomic E-state index is 0.0346. The number of rotatable bonds is 6. The van der Waals surface area contributed by atoms with E-state index in [0.717, 1.165) is 29.5 Å². The number of fused-ring (bicyclic) bond motifs is 1. The van der Waals surface area contributed by atoms with E-state index in [1.54, 1.807) is 18.2 Å². The number of hydrogen-bond donors (Lipinski definition) is 1. The van der Waals surface area contributed by atoms with Gasteiger partial charge in [0.15, 0.2) is 0 Å². The van der Waals surface area contributed by atoms with Crippen LogP contribution in [0.5, 0.6) is 5.75 Å². The summed E-state index contributed by atoms with van der Waals surface area (Å²) in [4.78, 5) is 26.0. The van der Waals surface area contributed by atoms with Crippen LogP contribution in [-0.2, 0) is 13.2 Å². The van der Waals surface area contributed by atoms with Gasteiger partial charge < -0.3 is 14.7 Å². The van der Waals surface area contributed by atoms with E-state index in [-0.39, 0.29) is 23.6 Å². The number of halogens is 1. The summed E-state index contributed by atoms with van der Waals surface area (Å²) in [5.41, 5.74) is 3.43. The predicted molar refractivity (Wildman–Crippen MR) is 122 cm³/mol. The van der Waals surface area contributed by atoms with Gasteiger partial charge in [-0.3, -0.25) is 4.79 Å². The van der Waals surface area contributed by atoms with Gasteiger partial charge in [-0.05, 0) is 72.0 Å². The lowest BCUT2D eigenvalue weighted by Crippen LogP contribution is -2.33. The summed E-state index contributed by atoms with van der Waals surface area (Å²) in [5.74, 6) is -0.786. The largest absolute Gasteiger partial charge is 0.489 e. The van der Waals surface area contributed by atoms with Crippen LogP contribution in [0, 0.1) is 5.82 Å². The Hall–Kier alpha value is -3.67. The maximum absolute atomic E-state index is 14.3. The van der Waals surface area contributed by atoms with Gasteiger partial charge in [0.25, 0.3) is 5.91 Å². The first-order chi connectivity index (χ1) is 16.0. The molecule has 1 amide bonds. The average molecular weight is 445 g/mol. The zero-order valence-corrected chi connectivity index (χ0v) is 18.1. The molecule has 0 saturated heterocycles. The van der Waals surface area contributed by atoms with Gasteiger partial charge >= 0.3 is 5.97 Å².